The van der Waals surface area contributed by atoms with E-state index in [0.717, 1.165) is 32.6 Å². The van der Waals surface area contributed by atoms with Crippen LogP contribution in [0.25, 0.3) is 10.8 Å². The molecule has 0 aliphatic rings. The van der Waals surface area contributed by atoms with Crippen molar-refractivity contribution in [3.63, 3.8) is 0 Å². The molecule has 0 aliphatic heterocycles. The number of hydrogen-bond donors (Lipinski definition) is 1. The third-order valence-corrected chi connectivity index (χ3v) is 6.13. The fraction of sp³-hybridized carbons (Fsp3) is 0.185. The Morgan fingerprint density at radius 3 is 2.59 bits per heavy atom. The molecule has 32 heavy (non-hydrogen) atoms. The molecule has 0 heterocycles. The molecule has 0 spiro atoms. The third kappa shape index (κ3) is 5.20. The maximum Gasteiger partial charge on any atom is 0.175 e. The van der Waals surface area contributed by atoms with E-state index in [4.69, 9.17) is 21.1 Å². The molecule has 0 atom stereocenters. The minimum atomic E-state index is 0.458. The van der Waals surface area contributed by atoms with Crippen LogP contribution in [0.5, 0.6) is 11.5 Å². The van der Waals surface area contributed by atoms with Crippen LogP contribution in [-0.4, -0.2) is 6.61 Å². The predicted octanol–water partition coefficient (Wildman–Crippen LogP) is 8.15. The van der Waals surface area contributed by atoms with E-state index in [0.29, 0.717) is 30.5 Å². The molecule has 4 aromatic rings. The van der Waals surface area contributed by atoms with Crippen LogP contribution in [0.4, 0.5) is 5.69 Å². The van der Waals surface area contributed by atoms with E-state index in [1.165, 1.54) is 10.8 Å². The molecular formula is C27H25BrClNO2. The van der Waals surface area contributed by atoms with Crippen LogP contribution in [0.2, 0.25) is 5.02 Å². The average molecular weight is 511 g/mol. The summed E-state index contributed by atoms with van der Waals surface area (Å²) in [5.74, 6) is 1.43. The summed E-state index contributed by atoms with van der Waals surface area (Å²) < 4.78 is 13.0. The van der Waals surface area contributed by atoms with E-state index in [2.05, 4.69) is 70.6 Å². The Kier molecular flexibility index (Phi) is 7.23. The largest absolute Gasteiger partial charge is 0.490 e. The highest BCUT2D eigenvalue weighted by atomic mass is 79.9. The summed E-state index contributed by atoms with van der Waals surface area (Å²) in [7, 11) is 0. The fourth-order valence-electron chi connectivity index (χ4n) is 3.68. The van der Waals surface area contributed by atoms with Gasteiger partial charge < -0.3 is 14.8 Å². The fourth-order valence-corrected chi connectivity index (χ4v) is 4.45. The van der Waals surface area contributed by atoms with Crippen molar-refractivity contribution in [1.82, 2.24) is 0 Å². The van der Waals surface area contributed by atoms with Crippen LogP contribution in [-0.2, 0) is 13.2 Å². The molecule has 0 saturated heterocycles. The quantitative estimate of drug-likeness (QED) is 0.259. The zero-order valence-electron chi connectivity index (χ0n) is 18.1. The molecule has 164 valence electrons. The van der Waals surface area contributed by atoms with Crippen molar-refractivity contribution in [2.45, 2.75) is 27.0 Å². The van der Waals surface area contributed by atoms with Crippen molar-refractivity contribution < 1.29 is 9.47 Å². The van der Waals surface area contributed by atoms with E-state index >= 15 is 0 Å². The Hall–Kier alpha value is -2.69. The maximum absolute atomic E-state index is 6.26. The monoisotopic (exact) mass is 509 g/mol. The molecule has 0 saturated carbocycles. The van der Waals surface area contributed by atoms with Crippen LogP contribution in [0, 0.1) is 6.92 Å². The molecular weight excluding hydrogens is 486 g/mol. The Morgan fingerprint density at radius 2 is 1.75 bits per heavy atom. The minimum absolute atomic E-state index is 0.458. The van der Waals surface area contributed by atoms with Crippen LogP contribution < -0.4 is 14.8 Å². The van der Waals surface area contributed by atoms with Gasteiger partial charge in [-0.05, 0) is 81.5 Å². The molecule has 0 radical (unpaired) electrons. The zero-order valence-corrected chi connectivity index (χ0v) is 20.5. The van der Waals surface area contributed by atoms with Gasteiger partial charge in [0, 0.05) is 17.3 Å². The molecule has 0 bridgehead atoms. The third-order valence-electron chi connectivity index (χ3n) is 5.30. The van der Waals surface area contributed by atoms with Crippen molar-refractivity contribution >= 4 is 44.0 Å². The first-order chi connectivity index (χ1) is 15.5. The summed E-state index contributed by atoms with van der Waals surface area (Å²) in [6, 6.07) is 24.6. The summed E-state index contributed by atoms with van der Waals surface area (Å²) >= 11 is 9.84. The van der Waals surface area contributed by atoms with Gasteiger partial charge in [-0.3, -0.25) is 0 Å². The number of nitrogens with one attached hydrogen (secondary N) is 1. The van der Waals surface area contributed by atoms with Gasteiger partial charge in [0.2, 0.25) is 0 Å². The summed E-state index contributed by atoms with van der Waals surface area (Å²) in [6.45, 7) is 5.69. The molecule has 0 amide bonds. The van der Waals surface area contributed by atoms with Gasteiger partial charge in [-0.1, -0.05) is 60.1 Å². The SMILES string of the molecule is CCOc1cc(CNc2cc(Cl)ccc2C)cc(Br)c1OCc1cccc2ccccc12. The second kappa shape index (κ2) is 10.3. The number of anilines is 1. The smallest absolute Gasteiger partial charge is 0.175 e. The van der Waals surface area contributed by atoms with Gasteiger partial charge in [0.25, 0.3) is 0 Å². The molecule has 4 aromatic carbocycles. The molecule has 4 rings (SSSR count). The summed E-state index contributed by atoms with van der Waals surface area (Å²) in [4.78, 5) is 0. The first kappa shape index (κ1) is 22.5. The van der Waals surface area contributed by atoms with E-state index < -0.39 is 0 Å². The Balaban J connectivity index is 1.55. The lowest BCUT2D eigenvalue weighted by atomic mass is 10.1. The topological polar surface area (TPSA) is 30.5 Å². The summed E-state index contributed by atoms with van der Waals surface area (Å²) in [5.41, 5.74) is 4.38. The Labute approximate surface area is 202 Å². The molecule has 0 aliphatic carbocycles. The molecule has 1 N–H and O–H groups in total. The van der Waals surface area contributed by atoms with E-state index in [1.807, 2.05) is 37.3 Å². The van der Waals surface area contributed by atoms with Crippen molar-refractivity contribution in [2.75, 3.05) is 11.9 Å². The first-order valence-corrected chi connectivity index (χ1v) is 11.8. The molecule has 0 unspecified atom stereocenters. The van der Waals surface area contributed by atoms with Crippen LogP contribution >= 0.6 is 27.5 Å². The number of aryl methyl sites for hydroxylation is 1. The van der Waals surface area contributed by atoms with E-state index in [9.17, 15) is 0 Å². The lowest BCUT2D eigenvalue weighted by Crippen LogP contribution is -2.05. The van der Waals surface area contributed by atoms with Crippen molar-refractivity contribution in [3.8, 4) is 11.5 Å². The lowest BCUT2D eigenvalue weighted by Gasteiger charge is -2.17. The number of halogens is 2. The maximum atomic E-state index is 6.26. The van der Waals surface area contributed by atoms with Crippen molar-refractivity contribution in [3.05, 3.63) is 99.0 Å². The molecule has 0 aromatic heterocycles. The van der Waals surface area contributed by atoms with Gasteiger partial charge in [0.1, 0.15) is 6.61 Å². The van der Waals surface area contributed by atoms with Crippen molar-refractivity contribution in [2.24, 2.45) is 0 Å². The Bertz CT molecular complexity index is 1240. The van der Waals surface area contributed by atoms with Gasteiger partial charge in [-0.25, -0.2) is 0 Å². The normalized spacial score (nSPS) is 10.9. The highest BCUT2D eigenvalue weighted by Gasteiger charge is 2.14. The van der Waals surface area contributed by atoms with Gasteiger partial charge >= 0.3 is 0 Å². The summed E-state index contributed by atoms with van der Waals surface area (Å²) in [6.07, 6.45) is 0. The first-order valence-electron chi connectivity index (χ1n) is 10.6. The van der Waals surface area contributed by atoms with Gasteiger partial charge in [0.15, 0.2) is 11.5 Å². The number of ether oxygens (including phenoxy) is 2. The highest BCUT2D eigenvalue weighted by Crippen LogP contribution is 2.38. The minimum Gasteiger partial charge on any atom is -0.490 e. The zero-order chi connectivity index (χ0) is 22.5. The second-order valence-corrected chi connectivity index (χ2v) is 8.87. The van der Waals surface area contributed by atoms with Gasteiger partial charge in [-0.15, -0.1) is 0 Å². The van der Waals surface area contributed by atoms with Crippen LogP contribution in [0.1, 0.15) is 23.6 Å². The highest BCUT2D eigenvalue weighted by molar-refractivity contribution is 9.10. The summed E-state index contributed by atoms with van der Waals surface area (Å²) in [5, 5.41) is 6.58. The van der Waals surface area contributed by atoms with Gasteiger partial charge in [0.05, 0.1) is 11.1 Å². The standard InChI is InChI=1S/C27H25BrClNO2/c1-3-31-26-14-19(16-30-25-15-22(29)12-11-18(25)2)13-24(28)27(26)32-17-21-9-6-8-20-7-4-5-10-23(20)21/h4-15,30H,3,16-17H2,1-2H3. The van der Waals surface area contributed by atoms with E-state index in [1.54, 1.807) is 0 Å². The van der Waals surface area contributed by atoms with Crippen molar-refractivity contribution in [1.29, 1.82) is 0 Å². The number of rotatable bonds is 8. The Morgan fingerprint density at radius 1 is 0.938 bits per heavy atom. The van der Waals surface area contributed by atoms with Crippen LogP contribution in [0.15, 0.2) is 77.3 Å². The van der Waals surface area contributed by atoms with E-state index in [-0.39, 0.29) is 0 Å². The lowest BCUT2D eigenvalue weighted by molar-refractivity contribution is 0.268. The molecule has 5 heteroatoms. The molecule has 3 nitrogen and oxygen atoms in total. The number of fused-ring (bicyclic) bond motifs is 1. The number of hydrogen-bond acceptors (Lipinski definition) is 3. The predicted molar refractivity (Wildman–Crippen MR) is 137 cm³/mol. The average Bonchev–Trinajstić information content (AvgIpc) is 2.79. The second-order valence-electron chi connectivity index (χ2n) is 7.58. The van der Waals surface area contributed by atoms with Gasteiger partial charge in [-0.2, -0.15) is 0 Å². The molecule has 0 fully saturated rings. The van der Waals surface area contributed by atoms with Crippen LogP contribution in [0.3, 0.4) is 0 Å². The number of benzene rings is 4.